The molecule has 50 valence electrons. The largest absolute Gasteiger partial charge is 0.400 e. The van der Waals surface area contributed by atoms with Crippen LogP contribution < -0.4 is 0 Å². The third-order valence-electron chi connectivity index (χ3n) is 1.11. The van der Waals surface area contributed by atoms with E-state index in [1.165, 1.54) is 0 Å². The summed E-state index contributed by atoms with van der Waals surface area (Å²) in [6.07, 6.45) is 3.22. The van der Waals surface area contributed by atoms with Crippen LogP contribution >= 0.6 is 0 Å². The standard InChI is InChI=1S/C5H8B2N2O/c6-5(7,10)4-8-2-1-3-9-4/h1-3,10H,6-7H2. The molecule has 1 N–H and O–H groups in total. The quantitative estimate of drug-likeness (QED) is 0.445. The normalized spacial score (nSPS) is 11.3. The zero-order valence-corrected chi connectivity index (χ0v) is 6.07. The summed E-state index contributed by atoms with van der Waals surface area (Å²) in [6.45, 7) is 0. The Labute approximate surface area is 61.3 Å². The summed E-state index contributed by atoms with van der Waals surface area (Å²) < 4.78 is 0. The molecule has 0 radical (unpaired) electrons. The lowest BCUT2D eigenvalue weighted by molar-refractivity contribution is 0.206. The van der Waals surface area contributed by atoms with Crippen LogP contribution in [0.1, 0.15) is 5.82 Å². The Morgan fingerprint density at radius 2 is 1.80 bits per heavy atom. The molecule has 3 nitrogen and oxygen atoms in total. The summed E-state index contributed by atoms with van der Waals surface area (Å²) in [7, 11) is 3.31. The highest BCUT2D eigenvalue weighted by atomic mass is 16.3. The van der Waals surface area contributed by atoms with Gasteiger partial charge in [-0.2, -0.15) is 0 Å². The van der Waals surface area contributed by atoms with Crippen molar-refractivity contribution in [3.8, 4) is 0 Å². The van der Waals surface area contributed by atoms with E-state index in [1.54, 1.807) is 34.2 Å². The predicted molar refractivity (Wildman–Crippen MR) is 43.0 cm³/mol. The maximum atomic E-state index is 9.36. The van der Waals surface area contributed by atoms with E-state index < -0.39 is 5.40 Å². The molecule has 0 fully saturated rings. The fraction of sp³-hybridized carbons (Fsp3) is 0.200. The fourth-order valence-corrected chi connectivity index (χ4v) is 0.615. The van der Waals surface area contributed by atoms with E-state index in [2.05, 4.69) is 9.97 Å². The molecule has 0 aliphatic carbocycles. The first-order valence-electron chi connectivity index (χ1n) is 3.10. The molecule has 1 rings (SSSR count). The van der Waals surface area contributed by atoms with Crippen LogP contribution in [0.2, 0.25) is 0 Å². The van der Waals surface area contributed by atoms with Crippen LogP contribution in [-0.2, 0) is 5.40 Å². The topological polar surface area (TPSA) is 46.0 Å². The van der Waals surface area contributed by atoms with Gasteiger partial charge in [-0.25, -0.2) is 9.97 Å². The van der Waals surface area contributed by atoms with Gasteiger partial charge in [-0.1, -0.05) is 0 Å². The number of aliphatic hydroxyl groups is 1. The average Bonchev–Trinajstić information content (AvgIpc) is 1.88. The highest BCUT2D eigenvalue weighted by Crippen LogP contribution is 2.04. The van der Waals surface area contributed by atoms with Crippen molar-refractivity contribution in [3.05, 3.63) is 24.3 Å². The average molecular weight is 134 g/mol. The van der Waals surface area contributed by atoms with Crippen molar-refractivity contribution < 1.29 is 5.11 Å². The van der Waals surface area contributed by atoms with Crippen molar-refractivity contribution in [2.75, 3.05) is 0 Å². The lowest BCUT2D eigenvalue weighted by Gasteiger charge is -2.13. The molecule has 1 heterocycles. The van der Waals surface area contributed by atoms with Gasteiger partial charge in [-0.05, 0) is 6.07 Å². The molecule has 0 atom stereocenters. The molecule has 1 aromatic rings. The summed E-state index contributed by atoms with van der Waals surface area (Å²) in [5.41, 5.74) is 0. The summed E-state index contributed by atoms with van der Waals surface area (Å²) >= 11 is 0. The van der Waals surface area contributed by atoms with Crippen LogP contribution in [0, 0.1) is 0 Å². The molecule has 0 saturated heterocycles. The Hall–Kier alpha value is -0.830. The Morgan fingerprint density at radius 3 is 2.10 bits per heavy atom. The van der Waals surface area contributed by atoms with Crippen LogP contribution in [0.4, 0.5) is 0 Å². The van der Waals surface area contributed by atoms with Crippen molar-refractivity contribution in [2.45, 2.75) is 5.40 Å². The van der Waals surface area contributed by atoms with E-state index in [4.69, 9.17) is 0 Å². The van der Waals surface area contributed by atoms with Crippen molar-refractivity contribution >= 4 is 15.7 Å². The van der Waals surface area contributed by atoms with Gasteiger partial charge in [-0.3, -0.25) is 0 Å². The number of aromatic nitrogens is 2. The highest BCUT2D eigenvalue weighted by Gasteiger charge is 2.17. The summed E-state index contributed by atoms with van der Waals surface area (Å²) in [5.74, 6) is 0.454. The van der Waals surface area contributed by atoms with Crippen LogP contribution in [0.5, 0.6) is 0 Å². The van der Waals surface area contributed by atoms with E-state index in [0.717, 1.165) is 0 Å². The SMILES string of the molecule is BC(B)(O)c1ncccn1. The van der Waals surface area contributed by atoms with E-state index in [1.807, 2.05) is 0 Å². The molecule has 0 spiro atoms. The van der Waals surface area contributed by atoms with Gasteiger partial charge in [0.05, 0.1) is 5.40 Å². The van der Waals surface area contributed by atoms with Crippen LogP contribution in [-0.4, -0.2) is 30.8 Å². The van der Waals surface area contributed by atoms with E-state index >= 15 is 0 Å². The molecular formula is C5H8B2N2O. The molecule has 1 aromatic heterocycles. The van der Waals surface area contributed by atoms with Gasteiger partial charge in [0, 0.05) is 12.4 Å². The van der Waals surface area contributed by atoms with Gasteiger partial charge < -0.3 is 5.11 Å². The lowest BCUT2D eigenvalue weighted by Crippen LogP contribution is -2.28. The fourth-order valence-electron chi connectivity index (χ4n) is 0.615. The first-order valence-corrected chi connectivity index (χ1v) is 3.10. The van der Waals surface area contributed by atoms with Gasteiger partial charge in [0.25, 0.3) is 0 Å². The maximum Gasteiger partial charge on any atom is 0.142 e. The summed E-state index contributed by atoms with van der Waals surface area (Å²) in [5, 5.41) is 8.43. The number of nitrogens with zero attached hydrogens (tertiary/aromatic N) is 2. The summed E-state index contributed by atoms with van der Waals surface area (Å²) in [4.78, 5) is 7.78. The maximum absolute atomic E-state index is 9.36. The van der Waals surface area contributed by atoms with Gasteiger partial charge in [-0.15, -0.1) is 0 Å². The van der Waals surface area contributed by atoms with Gasteiger partial charge in [0.1, 0.15) is 21.5 Å². The number of hydrogen-bond donors (Lipinski definition) is 1. The van der Waals surface area contributed by atoms with E-state index in [-0.39, 0.29) is 0 Å². The van der Waals surface area contributed by atoms with Crippen molar-refractivity contribution in [1.29, 1.82) is 0 Å². The predicted octanol–water partition coefficient (Wildman–Crippen LogP) is -2.15. The highest BCUT2D eigenvalue weighted by molar-refractivity contribution is 6.38. The molecule has 0 amide bonds. The molecule has 0 aliphatic rings. The number of hydrogen-bond acceptors (Lipinski definition) is 3. The van der Waals surface area contributed by atoms with Crippen LogP contribution in [0.25, 0.3) is 0 Å². The monoisotopic (exact) mass is 134 g/mol. The molecule has 0 bridgehead atoms. The van der Waals surface area contributed by atoms with Gasteiger partial charge in [0.15, 0.2) is 0 Å². The van der Waals surface area contributed by atoms with E-state index in [9.17, 15) is 5.11 Å². The Bertz CT molecular complexity index is 209. The van der Waals surface area contributed by atoms with Crippen molar-refractivity contribution in [2.24, 2.45) is 0 Å². The Kier molecular flexibility index (Phi) is 1.76. The van der Waals surface area contributed by atoms with E-state index in [0.29, 0.717) is 5.82 Å². The first-order chi connectivity index (χ1) is 4.61. The summed E-state index contributed by atoms with van der Waals surface area (Å²) in [6, 6.07) is 1.72. The second-order valence-electron chi connectivity index (χ2n) is 2.63. The zero-order chi connectivity index (χ0) is 7.61. The number of rotatable bonds is 1. The lowest BCUT2D eigenvalue weighted by atomic mass is 9.65. The zero-order valence-electron chi connectivity index (χ0n) is 6.07. The van der Waals surface area contributed by atoms with Gasteiger partial charge in [0.2, 0.25) is 0 Å². The molecule has 0 saturated carbocycles. The minimum Gasteiger partial charge on any atom is -0.400 e. The molecule has 10 heavy (non-hydrogen) atoms. The second kappa shape index (κ2) is 2.42. The minimum atomic E-state index is -0.929. The smallest absolute Gasteiger partial charge is 0.142 e. The molecule has 0 unspecified atom stereocenters. The second-order valence-corrected chi connectivity index (χ2v) is 2.63. The Balaban J connectivity index is 2.97. The first kappa shape index (κ1) is 7.28. The third-order valence-corrected chi connectivity index (χ3v) is 1.11. The minimum absolute atomic E-state index is 0.454. The van der Waals surface area contributed by atoms with Gasteiger partial charge >= 0.3 is 0 Å². The molecule has 0 aliphatic heterocycles. The molecule has 5 heteroatoms. The van der Waals surface area contributed by atoms with Crippen molar-refractivity contribution in [1.82, 2.24) is 9.97 Å². The molecule has 0 aromatic carbocycles. The third kappa shape index (κ3) is 1.57. The van der Waals surface area contributed by atoms with Crippen LogP contribution in [0.15, 0.2) is 18.5 Å². The Morgan fingerprint density at radius 1 is 1.30 bits per heavy atom. The van der Waals surface area contributed by atoms with Crippen molar-refractivity contribution in [3.63, 3.8) is 0 Å². The van der Waals surface area contributed by atoms with Crippen LogP contribution in [0.3, 0.4) is 0 Å². The molecular weight excluding hydrogens is 126 g/mol.